The fourth-order valence-corrected chi connectivity index (χ4v) is 2.22. The lowest BCUT2D eigenvalue weighted by Gasteiger charge is -2.26. The summed E-state index contributed by atoms with van der Waals surface area (Å²) in [5.41, 5.74) is 0. The zero-order valence-electron chi connectivity index (χ0n) is 7.55. The lowest BCUT2D eigenvalue weighted by Crippen LogP contribution is -2.48. The molecule has 1 fully saturated rings. The molecule has 0 aliphatic carbocycles. The fourth-order valence-electron chi connectivity index (χ4n) is 1.03. The van der Waals surface area contributed by atoms with Crippen LogP contribution in [0.4, 0.5) is 0 Å². The predicted octanol–water partition coefficient (Wildman–Crippen LogP) is -0.193. The molecule has 0 radical (unpaired) electrons. The molecule has 82 valence electrons. The molecule has 2 rings (SSSR count). The number of nitrogens with zero attached hydrogens (tertiary/aromatic N) is 2. The highest BCUT2D eigenvalue weighted by atomic mass is 35.5. The Labute approximate surface area is 91.7 Å². The average Bonchev–Trinajstić information content (AvgIpc) is 2.13. The van der Waals surface area contributed by atoms with Gasteiger partial charge in [0.15, 0.2) is 0 Å². The molecule has 1 aromatic rings. The lowest BCUT2D eigenvalue weighted by atomic mass is 10.3. The first-order valence-electron chi connectivity index (χ1n) is 4.15. The molecule has 6 nitrogen and oxygen atoms in total. The molecule has 0 atom stereocenters. The molecule has 0 amide bonds. The van der Waals surface area contributed by atoms with Crippen molar-refractivity contribution in [2.75, 3.05) is 13.2 Å². The summed E-state index contributed by atoms with van der Waals surface area (Å²) < 4.78 is 30.6. The minimum Gasteiger partial charge on any atom is -0.378 e. The van der Waals surface area contributed by atoms with Crippen molar-refractivity contribution in [3.05, 3.63) is 17.7 Å². The van der Waals surface area contributed by atoms with Gasteiger partial charge in [-0.2, -0.15) is 0 Å². The van der Waals surface area contributed by atoms with Crippen molar-refractivity contribution < 1.29 is 13.2 Å². The fraction of sp³-hybridized carbons (Fsp3) is 0.429. The Morgan fingerprint density at radius 2 is 2.00 bits per heavy atom. The molecule has 0 saturated carbocycles. The first-order valence-corrected chi connectivity index (χ1v) is 6.02. The van der Waals surface area contributed by atoms with E-state index < -0.39 is 10.0 Å². The summed E-state index contributed by atoms with van der Waals surface area (Å²) >= 11 is 5.45. The third kappa shape index (κ3) is 2.43. The van der Waals surface area contributed by atoms with Gasteiger partial charge in [0.25, 0.3) is 0 Å². The van der Waals surface area contributed by atoms with E-state index in [0.29, 0.717) is 13.2 Å². The normalized spacial score (nSPS) is 17.4. The van der Waals surface area contributed by atoms with Crippen LogP contribution >= 0.6 is 11.6 Å². The number of sulfonamides is 1. The second-order valence-electron chi connectivity index (χ2n) is 3.04. The minimum atomic E-state index is -3.55. The van der Waals surface area contributed by atoms with E-state index in [2.05, 4.69) is 14.7 Å². The highest BCUT2D eigenvalue weighted by Gasteiger charge is 2.25. The SMILES string of the molecule is O=S(=O)(NC1COC1)c1cnc(Cl)nc1. The highest BCUT2D eigenvalue weighted by molar-refractivity contribution is 7.89. The number of hydrogen-bond donors (Lipinski definition) is 1. The Kier molecular flexibility index (Phi) is 2.87. The van der Waals surface area contributed by atoms with Crippen LogP contribution in [-0.4, -0.2) is 37.6 Å². The number of aromatic nitrogens is 2. The van der Waals surface area contributed by atoms with E-state index in [0.717, 1.165) is 12.4 Å². The summed E-state index contributed by atoms with van der Waals surface area (Å²) in [4.78, 5) is 7.20. The van der Waals surface area contributed by atoms with Gasteiger partial charge in [-0.25, -0.2) is 23.1 Å². The summed E-state index contributed by atoms with van der Waals surface area (Å²) in [6, 6.07) is -0.161. The molecule has 1 aliphatic heterocycles. The van der Waals surface area contributed by atoms with Gasteiger partial charge in [-0.3, -0.25) is 0 Å². The Bertz CT molecular complexity index is 443. The second-order valence-corrected chi connectivity index (χ2v) is 5.10. The molecule has 0 unspecified atom stereocenters. The molecule has 0 aromatic carbocycles. The number of ether oxygens (including phenoxy) is 1. The van der Waals surface area contributed by atoms with Crippen LogP contribution in [0.2, 0.25) is 5.28 Å². The number of halogens is 1. The van der Waals surface area contributed by atoms with E-state index in [1.807, 2.05) is 0 Å². The quantitative estimate of drug-likeness (QED) is 0.751. The maximum Gasteiger partial charge on any atom is 0.244 e. The van der Waals surface area contributed by atoms with Gasteiger partial charge in [-0.05, 0) is 11.6 Å². The maximum absolute atomic E-state index is 11.7. The van der Waals surface area contributed by atoms with Gasteiger partial charge < -0.3 is 4.74 Å². The van der Waals surface area contributed by atoms with Crippen LogP contribution in [0.3, 0.4) is 0 Å². The van der Waals surface area contributed by atoms with Crippen LogP contribution in [0.15, 0.2) is 17.3 Å². The van der Waals surface area contributed by atoms with Gasteiger partial charge in [-0.15, -0.1) is 0 Å². The van der Waals surface area contributed by atoms with E-state index in [1.165, 1.54) is 0 Å². The van der Waals surface area contributed by atoms with Gasteiger partial charge in [0.05, 0.1) is 31.6 Å². The third-order valence-electron chi connectivity index (χ3n) is 1.87. The van der Waals surface area contributed by atoms with Gasteiger partial charge in [0.2, 0.25) is 15.3 Å². The van der Waals surface area contributed by atoms with Crippen molar-refractivity contribution in [2.24, 2.45) is 0 Å². The maximum atomic E-state index is 11.7. The zero-order chi connectivity index (χ0) is 10.9. The molecule has 8 heteroatoms. The third-order valence-corrected chi connectivity index (χ3v) is 3.54. The molecule has 1 aliphatic rings. The summed E-state index contributed by atoms with van der Waals surface area (Å²) in [5, 5.41) is 0.0147. The van der Waals surface area contributed by atoms with Crippen LogP contribution in [0.25, 0.3) is 0 Å². The van der Waals surface area contributed by atoms with Crippen LogP contribution in [0.5, 0.6) is 0 Å². The topological polar surface area (TPSA) is 81.2 Å². The smallest absolute Gasteiger partial charge is 0.244 e. The van der Waals surface area contributed by atoms with Crippen molar-refractivity contribution in [3.8, 4) is 0 Å². The minimum absolute atomic E-state index is 0.00111. The first-order chi connectivity index (χ1) is 7.08. The van der Waals surface area contributed by atoms with Crippen LogP contribution in [0.1, 0.15) is 0 Å². The number of rotatable bonds is 3. The van der Waals surface area contributed by atoms with Crippen molar-refractivity contribution in [1.29, 1.82) is 0 Å². The van der Waals surface area contributed by atoms with E-state index >= 15 is 0 Å². The summed E-state index contributed by atoms with van der Waals surface area (Å²) in [6.07, 6.45) is 2.33. The van der Waals surface area contributed by atoms with Crippen LogP contribution in [0, 0.1) is 0 Å². The van der Waals surface area contributed by atoms with E-state index in [-0.39, 0.29) is 16.2 Å². The zero-order valence-corrected chi connectivity index (χ0v) is 9.12. The van der Waals surface area contributed by atoms with Crippen molar-refractivity contribution in [3.63, 3.8) is 0 Å². The van der Waals surface area contributed by atoms with Crippen molar-refractivity contribution in [1.82, 2.24) is 14.7 Å². The molecule has 1 aromatic heterocycles. The van der Waals surface area contributed by atoms with Crippen molar-refractivity contribution in [2.45, 2.75) is 10.9 Å². The summed E-state index contributed by atoms with van der Waals surface area (Å²) in [6.45, 7) is 0.793. The largest absolute Gasteiger partial charge is 0.378 e. The Morgan fingerprint density at radius 1 is 1.40 bits per heavy atom. The molecule has 15 heavy (non-hydrogen) atoms. The first kappa shape index (κ1) is 10.7. The van der Waals surface area contributed by atoms with E-state index in [4.69, 9.17) is 16.3 Å². The average molecular weight is 250 g/mol. The van der Waals surface area contributed by atoms with Gasteiger partial charge >= 0.3 is 0 Å². The van der Waals surface area contributed by atoms with Crippen LogP contribution < -0.4 is 4.72 Å². The molecule has 2 heterocycles. The standard InChI is InChI=1S/C7H8ClN3O3S/c8-7-9-1-6(2-10-7)15(12,13)11-5-3-14-4-5/h1-2,5,11H,3-4H2. The van der Waals surface area contributed by atoms with Gasteiger partial charge in [0, 0.05) is 0 Å². The van der Waals surface area contributed by atoms with Crippen molar-refractivity contribution >= 4 is 21.6 Å². The highest BCUT2D eigenvalue weighted by Crippen LogP contribution is 2.10. The molecular formula is C7H8ClN3O3S. The van der Waals surface area contributed by atoms with E-state index in [1.54, 1.807) is 0 Å². The molecule has 1 N–H and O–H groups in total. The second kappa shape index (κ2) is 4.01. The van der Waals surface area contributed by atoms with Gasteiger partial charge in [-0.1, -0.05) is 0 Å². The van der Waals surface area contributed by atoms with E-state index in [9.17, 15) is 8.42 Å². The number of hydrogen-bond acceptors (Lipinski definition) is 5. The molecular weight excluding hydrogens is 242 g/mol. The number of nitrogens with one attached hydrogen (secondary N) is 1. The lowest BCUT2D eigenvalue weighted by molar-refractivity contribution is 0.00481. The Balaban J connectivity index is 2.17. The summed E-state index contributed by atoms with van der Waals surface area (Å²) in [7, 11) is -3.55. The van der Waals surface area contributed by atoms with Crippen LogP contribution in [-0.2, 0) is 14.8 Å². The Hall–Kier alpha value is -0.760. The predicted molar refractivity (Wildman–Crippen MR) is 52.0 cm³/mol. The van der Waals surface area contributed by atoms with Gasteiger partial charge in [0.1, 0.15) is 4.90 Å². The molecule has 0 spiro atoms. The molecule has 0 bridgehead atoms. The molecule has 1 saturated heterocycles. The summed E-state index contributed by atoms with van der Waals surface area (Å²) in [5.74, 6) is 0. The Morgan fingerprint density at radius 3 is 2.47 bits per heavy atom. The monoisotopic (exact) mass is 249 g/mol.